The van der Waals surface area contributed by atoms with Crippen LogP contribution in [0.5, 0.6) is 0 Å². The molecule has 0 radical (unpaired) electrons. The van der Waals surface area contributed by atoms with Gasteiger partial charge in [-0.2, -0.15) is 5.10 Å². The van der Waals surface area contributed by atoms with Crippen molar-refractivity contribution in [2.24, 2.45) is 5.92 Å². The lowest BCUT2D eigenvalue weighted by molar-refractivity contribution is -0.116. The third kappa shape index (κ3) is 6.40. The molecule has 146 valence electrons. The summed E-state index contributed by atoms with van der Waals surface area (Å²) in [6.45, 7) is 8.03. The van der Waals surface area contributed by atoms with Crippen molar-refractivity contribution in [2.75, 3.05) is 6.54 Å². The Kier molecular flexibility index (Phi) is 7.85. The van der Waals surface area contributed by atoms with Crippen molar-refractivity contribution in [3.63, 3.8) is 0 Å². The lowest BCUT2D eigenvalue weighted by Crippen LogP contribution is -2.23. The van der Waals surface area contributed by atoms with Gasteiger partial charge in [-0.15, -0.1) is 0 Å². The van der Waals surface area contributed by atoms with Crippen LogP contribution in [0.4, 0.5) is 0 Å². The number of rotatable bonds is 9. The summed E-state index contributed by atoms with van der Waals surface area (Å²) >= 11 is 6.36. The van der Waals surface area contributed by atoms with Gasteiger partial charge < -0.3 is 9.88 Å². The Morgan fingerprint density at radius 2 is 2.11 bits per heavy atom. The highest BCUT2D eigenvalue weighted by Crippen LogP contribution is 2.22. The summed E-state index contributed by atoms with van der Waals surface area (Å²) in [5.74, 6) is 0.271. The van der Waals surface area contributed by atoms with E-state index < -0.39 is 0 Å². The number of carbonyl (C=O) groups is 1. The molecule has 0 aliphatic rings. The number of aromatic nitrogens is 3. The van der Waals surface area contributed by atoms with E-state index >= 15 is 0 Å². The van der Waals surface area contributed by atoms with Gasteiger partial charge in [-0.25, -0.2) is 0 Å². The molecule has 1 amide bonds. The van der Waals surface area contributed by atoms with Crippen LogP contribution in [-0.2, 0) is 17.9 Å². The van der Waals surface area contributed by atoms with E-state index in [0.717, 1.165) is 30.6 Å². The smallest absolute Gasteiger partial charge is 0.250 e. The summed E-state index contributed by atoms with van der Waals surface area (Å²) in [6.07, 6.45) is 6.58. The highest BCUT2D eigenvalue weighted by Gasteiger charge is 2.12. The van der Waals surface area contributed by atoms with Gasteiger partial charge in [0.1, 0.15) is 5.15 Å². The van der Waals surface area contributed by atoms with E-state index in [1.807, 2.05) is 13.0 Å². The van der Waals surface area contributed by atoms with Gasteiger partial charge in [0, 0.05) is 43.5 Å². The Morgan fingerprint density at radius 1 is 1.33 bits per heavy atom. The first kappa shape index (κ1) is 21.0. The zero-order valence-electron chi connectivity index (χ0n) is 16.1. The van der Waals surface area contributed by atoms with Gasteiger partial charge in [0.2, 0.25) is 11.5 Å². The first-order chi connectivity index (χ1) is 12.9. The Bertz CT molecular complexity index is 852. The van der Waals surface area contributed by atoms with Gasteiger partial charge in [-0.3, -0.25) is 14.3 Å². The molecular weight excluding hydrogens is 364 g/mol. The molecule has 27 heavy (non-hydrogen) atoms. The molecule has 1 N–H and O–H groups in total. The first-order valence-corrected chi connectivity index (χ1v) is 9.60. The van der Waals surface area contributed by atoms with Gasteiger partial charge in [-0.05, 0) is 37.8 Å². The number of nitrogens with zero attached hydrogens (tertiary/aromatic N) is 3. The van der Waals surface area contributed by atoms with E-state index in [9.17, 15) is 9.59 Å². The maximum Gasteiger partial charge on any atom is 0.250 e. The second kappa shape index (κ2) is 10.1. The molecule has 0 fully saturated rings. The minimum Gasteiger partial charge on any atom is -0.353 e. The van der Waals surface area contributed by atoms with Crippen LogP contribution in [0.3, 0.4) is 0 Å². The van der Waals surface area contributed by atoms with Crippen LogP contribution in [0.2, 0.25) is 5.15 Å². The van der Waals surface area contributed by atoms with E-state index in [2.05, 4.69) is 24.3 Å². The highest BCUT2D eigenvalue weighted by atomic mass is 35.5. The van der Waals surface area contributed by atoms with E-state index in [0.29, 0.717) is 24.2 Å². The average molecular weight is 391 g/mol. The van der Waals surface area contributed by atoms with E-state index in [-0.39, 0.29) is 11.5 Å². The Labute approximate surface area is 164 Å². The molecular formula is C20H27ClN4O2. The molecule has 0 saturated carbocycles. The summed E-state index contributed by atoms with van der Waals surface area (Å²) in [6, 6.07) is 5.11. The molecule has 0 aromatic carbocycles. The molecule has 0 aliphatic carbocycles. The summed E-state index contributed by atoms with van der Waals surface area (Å²) < 4.78 is 3.44. The number of unbranched alkanes of at least 4 members (excludes halogenated alkanes) is 1. The third-order valence-electron chi connectivity index (χ3n) is 4.07. The van der Waals surface area contributed by atoms with Crippen LogP contribution in [-0.4, -0.2) is 26.8 Å². The van der Waals surface area contributed by atoms with Crippen molar-refractivity contribution in [1.82, 2.24) is 19.7 Å². The fraction of sp³-hybridized carbons (Fsp3) is 0.450. The normalized spacial score (nSPS) is 11.4. The van der Waals surface area contributed by atoms with Gasteiger partial charge in [-0.1, -0.05) is 31.5 Å². The molecule has 6 nitrogen and oxygen atoms in total. The van der Waals surface area contributed by atoms with Crippen LogP contribution < -0.4 is 10.9 Å². The van der Waals surface area contributed by atoms with Crippen LogP contribution in [0.15, 0.2) is 35.3 Å². The molecule has 7 heteroatoms. The average Bonchev–Trinajstić information content (AvgIpc) is 2.87. The summed E-state index contributed by atoms with van der Waals surface area (Å²) in [4.78, 5) is 23.6. The number of nitrogens with one attached hydrogen (secondary N) is 1. The number of halogens is 1. The minimum atomic E-state index is -0.168. The predicted octanol–water partition coefficient (Wildman–Crippen LogP) is 3.27. The molecule has 0 bridgehead atoms. The van der Waals surface area contributed by atoms with E-state index in [1.54, 1.807) is 33.7 Å². The topological polar surface area (TPSA) is 68.9 Å². The predicted molar refractivity (Wildman–Crippen MR) is 109 cm³/mol. The van der Waals surface area contributed by atoms with E-state index in [1.165, 1.54) is 6.08 Å². The second-order valence-corrected chi connectivity index (χ2v) is 7.29. The van der Waals surface area contributed by atoms with Crippen molar-refractivity contribution in [1.29, 1.82) is 0 Å². The molecule has 2 aromatic heterocycles. The Morgan fingerprint density at radius 3 is 2.81 bits per heavy atom. The minimum absolute atomic E-state index is 0.00488. The maximum atomic E-state index is 12.0. The van der Waals surface area contributed by atoms with Gasteiger partial charge >= 0.3 is 0 Å². The lowest BCUT2D eigenvalue weighted by atomic mass is 10.2. The molecule has 2 heterocycles. The Balaban J connectivity index is 1.78. The number of hydrogen-bond acceptors (Lipinski definition) is 3. The summed E-state index contributed by atoms with van der Waals surface area (Å²) in [7, 11) is 0. The van der Waals surface area contributed by atoms with E-state index in [4.69, 9.17) is 11.6 Å². The van der Waals surface area contributed by atoms with Crippen molar-refractivity contribution >= 4 is 23.6 Å². The van der Waals surface area contributed by atoms with Gasteiger partial charge in [0.25, 0.3) is 0 Å². The third-order valence-corrected chi connectivity index (χ3v) is 4.47. The molecule has 0 unspecified atom stereocenters. The fourth-order valence-corrected chi connectivity index (χ4v) is 3.01. The van der Waals surface area contributed by atoms with Crippen molar-refractivity contribution < 1.29 is 4.79 Å². The first-order valence-electron chi connectivity index (χ1n) is 9.22. The summed E-state index contributed by atoms with van der Waals surface area (Å²) in [5.41, 5.74) is 1.57. The maximum absolute atomic E-state index is 12.0. The van der Waals surface area contributed by atoms with Crippen LogP contribution in [0.25, 0.3) is 6.08 Å². The number of hydrogen-bond donors (Lipinski definition) is 1. The number of aryl methyl sites for hydroxylation is 2. The van der Waals surface area contributed by atoms with Crippen LogP contribution >= 0.6 is 11.6 Å². The standard InChI is InChI=1S/C20H27ClN4O2/c1-15(2)14-25-20(21)17(16(3)23-25)9-10-18(26)22-11-5-7-13-24-12-6-4-8-19(24)27/h4,6,8-10,12,15H,5,7,11,13-14H2,1-3H3,(H,22,26). The zero-order chi connectivity index (χ0) is 19.8. The van der Waals surface area contributed by atoms with Gasteiger partial charge in [0.05, 0.1) is 5.69 Å². The zero-order valence-corrected chi connectivity index (χ0v) is 16.9. The largest absolute Gasteiger partial charge is 0.353 e. The van der Waals surface area contributed by atoms with Crippen LogP contribution in [0, 0.1) is 12.8 Å². The highest BCUT2D eigenvalue weighted by molar-refractivity contribution is 6.31. The second-order valence-electron chi connectivity index (χ2n) is 6.93. The fourth-order valence-electron chi connectivity index (χ4n) is 2.71. The SMILES string of the molecule is Cc1nn(CC(C)C)c(Cl)c1C=CC(=O)NCCCCn1ccccc1=O. The molecule has 0 atom stereocenters. The summed E-state index contributed by atoms with van der Waals surface area (Å²) in [5, 5.41) is 7.83. The van der Waals surface area contributed by atoms with Crippen molar-refractivity contribution in [3.8, 4) is 0 Å². The number of carbonyl (C=O) groups excluding carboxylic acids is 1. The molecule has 2 rings (SSSR count). The quantitative estimate of drug-likeness (QED) is 0.527. The monoisotopic (exact) mass is 390 g/mol. The Hall–Kier alpha value is -2.34. The number of pyridine rings is 1. The molecule has 0 spiro atoms. The molecule has 0 saturated heterocycles. The number of amides is 1. The molecule has 2 aromatic rings. The van der Waals surface area contributed by atoms with Crippen LogP contribution in [0.1, 0.15) is 37.9 Å². The molecule has 0 aliphatic heterocycles. The lowest BCUT2D eigenvalue weighted by Gasteiger charge is -2.06. The van der Waals surface area contributed by atoms with Crippen molar-refractivity contribution in [3.05, 3.63) is 57.2 Å². The van der Waals surface area contributed by atoms with Gasteiger partial charge in [0.15, 0.2) is 0 Å². The van der Waals surface area contributed by atoms with Crippen molar-refractivity contribution in [2.45, 2.75) is 46.7 Å².